The maximum Gasteiger partial charge on any atom is 0.226 e. The third kappa shape index (κ3) is 2.72. The van der Waals surface area contributed by atoms with E-state index in [1.807, 2.05) is 17.1 Å². The molecule has 1 fully saturated rings. The summed E-state index contributed by atoms with van der Waals surface area (Å²) < 4.78 is 5.25. The minimum Gasteiger partial charge on any atom is -0.378 e. The Bertz CT molecular complexity index is 348. The van der Waals surface area contributed by atoms with Gasteiger partial charge in [-0.2, -0.15) is 0 Å². The van der Waals surface area contributed by atoms with E-state index in [-0.39, 0.29) is 23.7 Å². The number of allylic oxidation sites excluding steroid dienone is 2. The predicted molar refractivity (Wildman–Crippen MR) is 66.8 cm³/mol. The molecule has 1 saturated heterocycles. The second-order valence-corrected chi connectivity index (χ2v) is 4.71. The van der Waals surface area contributed by atoms with Crippen LogP contribution in [0.15, 0.2) is 12.2 Å². The molecule has 2 aliphatic rings. The van der Waals surface area contributed by atoms with Crippen molar-refractivity contribution in [1.29, 1.82) is 0 Å². The lowest BCUT2D eigenvalue weighted by molar-refractivity contribution is -0.145. The van der Waals surface area contributed by atoms with Gasteiger partial charge in [-0.1, -0.05) is 12.2 Å². The Hall–Kier alpha value is -1.36. The van der Waals surface area contributed by atoms with Crippen molar-refractivity contribution >= 4 is 11.8 Å². The molecule has 5 nitrogen and oxygen atoms in total. The molecule has 18 heavy (non-hydrogen) atoms. The fourth-order valence-electron chi connectivity index (χ4n) is 2.58. The molecule has 2 atom stereocenters. The topological polar surface area (TPSA) is 58.6 Å². The highest BCUT2D eigenvalue weighted by Gasteiger charge is 2.36. The van der Waals surface area contributed by atoms with Crippen LogP contribution in [0.5, 0.6) is 0 Å². The fraction of sp³-hybridized carbons (Fsp3) is 0.692. The largest absolute Gasteiger partial charge is 0.378 e. The van der Waals surface area contributed by atoms with Crippen molar-refractivity contribution in [2.24, 2.45) is 11.8 Å². The van der Waals surface area contributed by atoms with E-state index in [0.717, 1.165) is 0 Å². The van der Waals surface area contributed by atoms with Crippen molar-refractivity contribution in [3.8, 4) is 0 Å². The fourth-order valence-corrected chi connectivity index (χ4v) is 2.58. The highest BCUT2D eigenvalue weighted by molar-refractivity contribution is 5.88. The number of nitrogens with zero attached hydrogens (tertiary/aromatic N) is 1. The van der Waals surface area contributed by atoms with Crippen LogP contribution in [0.4, 0.5) is 0 Å². The summed E-state index contributed by atoms with van der Waals surface area (Å²) in [5.41, 5.74) is 0. The van der Waals surface area contributed by atoms with Crippen LogP contribution in [0.1, 0.15) is 12.8 Å². The van der Waals surface area contributed by atoms with E-state index in [2.05, 4.69) is 5.32 Å². The second-order valence-electron chi connectivity index (χ2n) is 4.71. The quantitative estimate of drug-likeness (QED) is 0.713. The van der Waals surface area contributed by atoms with Gasteiger partial charge in [-0.25, -0.2) is 0 Å². The van der Waals surface area contributed by atoms with E-state index >= 15 is 0 Å². The first-order valence-electron chi connectivity index (χ1n) is 6.47. The summed E-state index contributed by atoms with van der Waals surface area (Å²) >= 11 is 0. The van der Waals surface area contributed by atoms with Gasteiger partial charge in [0.25, 0.3) is 0 Å². The Morgan fingerprint density at radius 3 is 2.39 bits per heavy atom. The Labute approximate surface area is 107 Å². The molecule has 1 heterocycles. The molecular formula is C13H20N2O3. The van der Waals surface area contributed by atoms with E-state index in [1.54, 1.807) is 7.05 Å². The first kappa shape index (κ1) is 13.1. The molecule has 0 aromatic rings. The first-order valence-corrected chi connectivity index (χ1v) is 6.47. The zero-order valence-corrected chi connectivity index (χ0v) is 10.7. The smallest absolute Gasteiger partial charge is 0.226 e. The van der Waals surface area contributed by atoms with E-state index in [9.17, 15) is 9.59 Å². The van der Waals surface area contributed by atoms with Gasteiger partial charge in [-0.3, -0.25) is 9.59 Å². The number of hydrogen-bond donors (Lipinski definition) is 1. The monoisotopic (exact) mass is 252 g/mol. The number of carbonyl (C=O) groups is 2. The summed E-state index contributed by atoms with van der Waals surface area (Å²) in [5.74, 6) is -0.384. The number of ether oxygens (including phenoxy) is 1. The Morgan fingerprint density at radius 2 is 1.78 bits per heavy atom. The number of hydrogen-bond acceptors (Lipinski definition) is 3. The molecule has 0 spiro atoms. The van der Waals surface area contributed by atoms with Crippen molar-refractivity contribution < 1.29 is 14.3 Å². The second kappa shape index (κ2) is 6.00. The van der Waals surface area contributed by atoms with Gasteiger partial charge in [0.1, 0.15) is 0 Å². The maximum absolute atomic E-state index is 12.4. The van der Waals surface area contributed by atoms with Crippen LogP contribution in [0, 0.1) is 11.8 Å². The van der Waals surface area contributed by atoms with Crippen LogP contribution in [0.2, 0.25) is 0 Å². The summed E-state index contributed by atoms with van der Waals surface area (Å²) in [5, 5.41) is 2.65. The molecule has 1 aliphatic carbocycles. The Morgan fingerprint density at radius 1 is 1.17 bits per heavy atom. The zero-order chi connectivity index (χ0) is 13.0. The lowest BCUT2D eigenvalue weighted by Crippen LogP contribution is -2.48. The minimum atomic E-state index is -0.227. The van der Waals surface area contributed by atoms with Gasteiger partial charge in [0.2, 0.25) is 11.8 Å². The third-order valence-electron chi connectivity index (χ3n) is 3.66. The molecule has 0 aromatic heterocycles. The van der Waals surface area contributed by atoms with Gasteiger partial charge in [0.05, 0.1) is 25.0 Å². The summed E-state index contributed by atoms with van der Waals surface area (Å²) in [6.07, 6.45) is 5.31. The number of amides is 2. The van der Waals surface area contributed by atoms with Crippen molar-refractivity contribution in [2.75, 3.05) is 33.4 Å². The Kier molecular flexibility index (Phi) is 4.36. The van der Waals surface area contributed by atoms with Crippen molar-refractivity contribution in [3.63, 3.8) is 0 Å². The van der Waals surface area contributed by atoms with E-state index in [4.69, 9.17) is 4.74 Å². The molecule has 2 unspecified atom stereocenters. The van der Waals surface area contributed by atoms with Crippen LogP contribution in [0.25, 0.3) is 0 Å². The SMILES string of the molecule is CNC(=O)C1CC=CCC1C(=O)N1CCOCC1. The number of carbonyl (C=O) groups excluding carboxylic acids is 2. The lowest BCUT2D eigenvalue weighted by Gasteiger charge is -2.33. The molecule has 2 rings (SSSR count). The maximum atomic E-state index is 12.4. The normalized spacial score (nSPS) is 27.9. The molecule has 0 radical (unpaired) electrons. The highest BCUT2D eigenvalue weighted by Crippen LogP contribution is 2.27. The molecule has 1 aliphatic heterocycles. The molecule has 0 bridgehead atoms. The van der Waals surface area contributed by atoms with Crippen LogP contribution in [-0.2, 0) is 14.3 Å². The Balaban J connectivity index is 2.06. The number of rotatable bonds is 2. The van der Waals surface area contributed by atoms with Crippen LogP contribution in [-0.4, -0.2) is 50.1 Å². The molecular weight excluding hydrogens is 232 g/mol. The van der Waals surface area contributed by atoms with Crippen LogP contribution < -0.4 is 5.32 Å². The summed E-state index contributed by atoms with van der Waals surface area (Å²) in [6, 6.07) is 0. The van der Waals surface area contributed by atoms with Gasteiger partial charge in [-0.05, 0) is 12.8 Å². The van der Waals surface area contributed by atoms with E-state index in [1.165, 1.54) is 0 Å². The number of morpholine rings is 1. The predicted octanol–water partition coefficient (Wildman–Crippen LogP) is 0.174. The van der Waals surface area contributed by atoms with Gasteiger partial charge >= 0.3 is 0 Å². The molecule has 0 saturated carbocycles. The van der Waals surface area contributed by atoms with Crippen LogP contribution in [0.3, 0.4) is 0 Å². The van der Waals surface area contributed by atoms with Crippen LogP contribution >= 0.6 is 0 Å². The average Bonchev–Trinajstić information content (AvgIpc) is 2.46. The van der Waals surface area contributed by atoms with Gasteiger partial charge in [0, 0.05) is 20.1 Å². The standard InChI is InChI=1S/C13H20N2O3/c1-14-12(16)10-4-2-3-5-11(10)13(17)15-6-8-18-9-7-15/h2-3,10-11H,4-9H2,1H3,(H,14,16). The molecule has 2 amide bonds. The summed E-state index contributed by atoms with van der Waals surface area (Å²) in [7, 11) is 1.62. The number of nitrogens with one attached hydrogen (secondary N) is 1. The van der Waals surface area contributed by atoms with Crippen molar-refractivity contribution in [2.45, 2.75) is 12.8 Å². The first-order chi connectivity index (χ1) is 8.74. The van der Waals surface area contributed by atoms with E-state index < -0.39 is 0 Å². The zero-order valence-electron chi connectivity index (χ0n) is 10.7. The van der Waals surface area contributed by atoms with Gasteiger partial charge in [-0.15, -0.1) is 0 Å². The van der Waals surface area contributed by atoms with Crippen molar-refractivity contribution in [1.82, 2.24) is 10.2 Å². The van der Waals surface area contributed by atoms with Gasteiger partial charge in [0.15, 0.2) is 0 Å². The molecule has 5 heteroatoms. The summed E-state index contributed by atoms with van der Waals surface area (Å²) in [6.45, 7) is 2.47. The molecule has 100 valence electrons. The van der Waals surface area contributed by atoms with Gasteiger partial charge < -0.3 is 15.0 Å². The average molecular weight is 252 g/mol. The highest BCUT2D eigenvalue weighted by atomic mass is 16.5. The lowest BCUT2D eigenvalue weighted by atomic mass is 9.81. The summed E-state index contributed by atoms with van der Waals surface area (Å²) in [4.78, 5) is 26.1. The van der Waals surface area contributed by atoms with Crippen molar-refractivity contribution in [3.05, 3.63) is 12.2 Å². The molecule has 0 aromatic carbocycles. The molecule has 1 N–H and O–H groups in total. The van der Waals surface area contributed by atoms with E-state index in [0.29, 0.717) is 39.1 Å². The third-order valence-corrected chi connectivity index (χ3v) is 3.66. The minimum absolute atomic E-state index is 0.0361.